The molecule has 0 saturated carbocycles. The summed E-state index contributed by atoms with van der Waals surface area (Å²) in [6.45, 7) is 4.49. The van der Waals surface area contributed by atoms with E-state index in [1.54, 1.807) is 12.1 Å². The van der Waals surface area contributed by atoms with Gasteiger partial charge in [-0.3, -0.25) is 10.1 Å². The molecule has 0 saturated heterocycles. The third-order valence-electron chi connectivity index (χ3n) is 3.13. The molecule has 0 fully saturated rings. The molecule has 0 unspecified atom stereocenters. The fraction of sp³-hybridized carbons (Fsp3) is 0.200. The van der Waals surface area contributed by atoms with E-state index in [1.807, 2.05) is 38.1 Å². The molecule has 0 aliphatic carbocycles. The molecule has 2 rings (SSSR count). The highest BCUT2D eigenvalue weighted by atomic mass is 16.6. The second-order valence-electron chi connectivity index (χ2n) is 4.51. The monoisotopic (exact) mass is 256 g/mol. The molecule has 4 heteroatoms. The molecule has 2 aromatic rings. The SMILES string of the molecule is Cc1cccc(C)c1NCc1ccccc1[N+](=O)[O-]. The maximum Gasteiger partial charge on any atom is 0.274 e. The molecule has 0 aromatic heterocycles. The molecule has 0 amide bonds. The van der Waals surface area contributed by atoms with Gasteiger partial charge in [-0.25, -0.2) is 0 Å². The van der Waals surface area contributed by atoms with Crippen molar-refractivity contribution in [2.75, 3.05) is 5.32 Å². The number of para-hydroxylation sites is 2. The Morgan fingerprint density at radius 2 is 1.68 bits per heavy atom. The molecule has 19 heavy (non-hydrogen) atoms. The molecular weight excluding hydrogens is 240 g/mol. The second-order valence-corrected chi connectivity index (χ2v) is 4.51. The van der Waals surface area contributed by atoms with E-state index in [9.17, 15) is 10.1 Å². The van der Waals surface area contributed by atoms with Crippen LogP contribution in [-0.4, -0.2) is 4.92 Å². The van der Waals surface area contributed by atoms with E-state index < -0.39 is 0 Å². The van der Waals surface area contributed by atoms with Gasteiger partial charge < -0.3 is 5.32 Å². The summed E-state index contributed by atoms with van der Waals surface area (Å²) in [7, 11) is 0. The van der Waals surface area contributed by atoms with E-state index >= 15 is 0 Å². The fourth-order valence-corrected chi connectivity index (χ4v) is 2.12. The number of anilines is 1. The van der Waals surface area contributed by atoms with Crippen LogP contribution in [0.3, 0.4) is 0 Å². The molecule has 98 valence electrons. The summed E-state index contributed by atoms with van der Waals surface area (Å²) in [5.41, 5.74) is 4.16. The smallest absolute Gasteiger partial charge is 0.274 e. The molecule has 0 bridgehead atoms. The quantitative estimate of drug-likeness (QED) is 0.668. The molecule has 0 heterocycles. The number of hydrogen-bond acceptors (Lipinski definition) is 3. The number of nitro benzene ring substituents is 1. The number of nitrogens with zero attached hydrogens (tertiary/aromatic N) is 1. The van der Waals surface area contributed by atoms with E-state index in [0.29, 0.717) is 12.1 Å². The van der Waals surface area contributed by atoms with Gasteiger partial charge >= 0.3 is 0 Å². The van der Waals surface area contributed by atoms with Crippen LogP contribution in [0.2, 0.25) is 0 Å². The Balaban J connectivity index is 2.22. The molecule has 0 radical (unpaired) electrons. The van der Waals surface area contributed by atoms with Gasteiger partial charge in [0.15, 0.2) is 0 Å². The molecule has 1 N–H and O–H groups in total. The third-order valence-corrected chi connectivity index (χ3v) is 3.13. The first-order valence-electron chi connectivity index (χ1n) is 6.12. The lowest BCUT2D eigenvalue weighted by Crippen LogP contribution is -2.05. The van der Waals surface area contributed by atoms with E-state index in [1.165, 1.54) is 6.07 Å². The zero-order chi connectivity index (χ0) is 13.8. The predicted molar refractivity (Wildman–Crippen MR) is 76.3 cm³/mol. The highest BCUT2D eigenvalue weighted by Crippen LogP contribution is 2.23. The lowest BCUT2D eigenvalue weighted by Gasteiger charge is -2.12. The maximum absolute atomic E-state index is 10.9. The van der Waals surface area contributed by atoms with Crippen LogP contribution in [0.4, 0.5) is 11.4 Å². The Labute approximate surface area is 112 Å². The molecule has 4 nitrogen and oxygen atoms in total. The third kappa shape index (κ3) is 2.91. The minimum atomic E-state index is -0.346. The number of nitro groups is 1. The van der Waals surface area contributed by atoms with E-state index in [0.717, 1.165) is 16.8 Å². The van der Waals surface area contributed by atoms with Gasteiger partial charge in [0.1, 0.15) is 0 Å². The summed E-state index contributed by atoms with van der Waals surface area (Å²) >= 11 is 0. The van der Waals surface area contributed by atoms with Gasteiger partial charge in [-0.1, -0.05) is 36.4 Å². The van der Waals surface area contributed by atoms with Crippen molar-refractivity contribution in [2.24, 2.45) is 0 Å². The summed E-state index contributed by atoms with van der Waals surface area (Å²) in [5, 5.41) is 14.2. The van der Waals surface area contributed by atoms with Crippen molar-refractivity contribution in [2.45, 2.75) is 20.4 Å². The van der Waals surface area contributed by atoms with Gasteiger partial charge in [-0.05, 0) is 25.0 Å². The molecule has 2 aromatic carbocycles. The van der Waals surface area contributed by atoms with Crippen LogP contribution in [0.5, 0.6) is 0 Å². The van der Waals surface area contributed by atoms with Gasteiger partial charge in [0, 0.05) is 23.9 Å². The standard InChI is InChI=1S/C15H16N2O2/c1-11-6-5-7-12(2)15(11)16-10-13-8-3-4-9-14(13)17(18)19/h3-9,16H,10H2,1-2H3. The fourth-order valence-electron chi connectivity index (χ4n) is 2.12. The van der Waals surface area contributed by atoms with Crippen molar-refractivity contribution in [1.82, 2.24) is 0 Å². The Kier molecular flexibility index (Phi) is 3.80. The molecule has 0 spiro atoms. The normalized spacial score (nSPS) is 10.2. The lowest BCUT2D eigenvalue weighted by atomic mass is 10.1. The van der Waals surface area contributed by atoms with Crippen molar-refractivity contribution < 1.29 is 4.92 Å². The summed E-state index contributed by atoms with van der Waals surface area (Å²) in [6, 6.07) is 12.8. The number of aryl methyl sites for hydroxylation is 2. The second kappa shape index (κ2) is 5.52. The molecular formula is C15H16N2O2. The highest BCUT2D eigenvalue weighted by molar-refractivity contribution is 5.57. The van der Waals surface area contributed by atoms with Crippen molar-refractivity contribution in [3.8, 4) is 0 Å². The van der Waals surface area contributed by atoms with E-state index in [4.69, 9.17) is 0 Å². The summed E-state index contributed by atoms with van der Waals surface area (Å²) < 4.78 is 0. The first-order valence-corrected chi connectivity index (χ1v) is 6.12. The Hall–Kier alpha value is -2.36. The Morgan fingerprint density at radius 1 is 1.05 bits per heavy atom. The van der Waals surface area contributed by atoms with Crippen molar-refractivity contribution in [1.29, 1.82) is 0 Å². The maximum atomic E-state index is 10.9. The van der Waals surface area contributed by atoms with Crippen molar-refractivity contribution in [3.05, 3.63) is 69.3 Å². The van der Waals surface area contributed by atoms with Crippen LogP contribution in [-0.2, 0) is 6.54 Å². The largest absolute Gasteiger partial charge is 0.380 e. The van der Waals surface area contributed by atoms with Crippen LogP contribution in [0.25, 0.3) is 0 Å². The van der Waals surface area contributed by atoms with Gasteiger partial charge in [0.05, 0.1) is 4.92 Å². The summed E-state index contributed by atoms with van der Waals surface area (Å²) in [6.07, 6.45) is 0. The van der Waals surface area contributed by atoms with Gasteiger partial charge in [-0.15, -0.1) is 0 Å². The van der Waals surface area contributed by atoms with E-state index in [-0.39, 0.29) is 10.6 Å². The lowest BCUT2D eigenvalue weighted by molar-refractivity contribution is -0.385. The zero-order valence-corrected chi connectivity index (χ0v) is 11.0. The number of benzene rings is 2. The number of nitrogens with one attached hydrogen (secondary N) is 1. The first-order chi connectivity index (χ1) is 9.09. The van der Waals surface area contributed by atoms with Crippen LogP contribution < -0.4 is 5.32 Å². The first kappa shape index (κ1) is 13.1. The Bertz CT molecular complexity index is 589. The summed E-state index contributed by atoms with van der Waals surface area (Å²) in [5.74, 6) is 0. The van der Waals surface area contributed by atoms with E-state index in [2.05, 4.69) is 5.32 Å². The minimum absolute atomic E-state index is 0.154. The average Bonchev–Trinajstić information content (AvgIpc) is 2.38. The van der Waals surface area contributed by atoms with Crippen molar-refractivity contribution in [3.63, 3.8) is 0 Å². The zero-order valence-electron chi connectivity index (χ0n) is 11.0. The number of rotatable bonds is 4. The van der Waals surface area contributed by atoms with Gasteiger partial charge in [0.2, 0.25) is 0 Å². The minimum Gasteiger partial charge on any atom is -0.380 e. The van der Waals surface area contributed by atoms with Crippen LogP contribution >= 0.6 is 0 Å². The van der Waals surface area contributed by atoms with Gasteiger partial charge in [0.25, 0.3) is 5.69 Å². The molecule has 0 aliphatic heterocycles. The van der Waals surface area contributed by atoms with Crippen LogP contribution in [0, 0.1) is 24.0 Å². The van der Waals surface area contributed by atoms with Crippen LogP contribution in [0.1, 0.15) is 16.7 Å². The van der Waals surface area contributed by atoms with Crippen LogP contribution in [0.15, 0.2) is 42.5 Å². The number of hydrogen-bond donors (Lipinski definition) is 1. The Morgan fingerprint density at radius 3 is 2.32 bits per heavy atom. The topological polar surface area (TPSA) is 55.2 Å². The summed E-state index contributed by atoms with van der Waals surface area (Å²) in [4.78, 5) is 10.6. The van der Waals surface area contributed by atoms with Crippen molar-refractivity contribution >= 4 is 11.4 Å². The predicted octanol–water partition coefficient (Wildman–Crippen LogP) is 3.82. The molecule has 0 aliphatic rings. The van der Waals surface area contributed by atoms with Gasteiger partial charge in [-0.2, -0.15) is 0 Å². The molecule has 0 atom stereocenters. The highest BCUT2D eigenvalue weighted by Gasteiger charge is 2.12. The average molecular weight is 256 g/mol.